The molecule has 0 amide bonds. The number of ether oxygens (including phenoxy) is 1. The summed E-state index contributed by atoms with van der Waals surface area (Å²) in [6, 6.07) is 9.45. The molecule has 0 spiro atoms. The van der Waals surface area contributed by atoms with Crippen molar-refractivity contribution in [3.63, 3.8) is 0 Å². The highest BCUT2D eigenvalue weighted by Crippen LogP contribution is 2.31. The summed E-state index contributed by atoms with van der Waals surface area (Å²) in [6.07, 6.45) is 0. The summed E-state index contributed by atoms with van der Waals surface area (Å²) >= 11 is 0. The normalized spacial score (nSPS) is 13.7. The molecule has 8 heteroatoms. The van der Waals surface area contributed by atoms with Crippen molar-refractivity contribution in [3.05, 3.63) is 42.0 Å². The molecule has 0 unspecified atom stereocenters. The van der Waals surface area contributed by atoms with Gasteiger partial charge in [-0.25, -0.2) is 8.42 Å². The van der Waals surface area contributed by atoms with Crippen molar-refractivity contribution in [2.45, 2.75) is 70.8 Å². The zero-order chi connectivity index (χ0) is 25.5. The van der Waals surface area contributed by atoms with Gasteiger partial charge in [-0.15, -0.1) is 5.54 Å². The lowest BCUT2D eigenvalue weighted by Gasteiger charge is -2.26. The minimum absolute atomic E-state index is 0.0204. The van der Waals surface area contributed by atoms with E-state index in [1.807, 2.05) is 18.2 Å². The largest absolute Gasteiger partial charge is 0.459 e. The van der Waals surface area contributed by atoms with Crippen LogP contribution in [-0.4, -0.2) is 34.1 Å². The predicted molar refractivity (Wildman–Crippen MR) is 139 cm³/mol. The highest BCUT2D eigenvalue weighted by Gasteiger charge is 2.32. The van der Waals surface area contributed by atoms with Crippen molar-refractivity contribution < 1.29 is 22.4 Å². The first-order valence-electron chi connectivity index (χ1n) is 11.3. The standard InChI is InChI=1S/C26H33NO5SSi/c1-17(2)24(25(28)32-26(3,4)5)27-33(29,30)19-10-11-20-21-15-18(13-14-34(6,7)8)9-12-22(21)31-23(20)16-19/h9-12,15-17,24,27H,1-8H3/t24-/m0/s1. The molecule has 182 valence electrons. The molecule has 1 atom stereocenters. The number of carbonyl (C=O) groups excluding carboxylic acids is 1. The smallest absolute Gasteiger partial charge is 0.324 e. The van der Waals surface area contributed by atoms with Gasteiger partial charge in [-0.2, -0.15) is 4.72 Å². The maximum atomic E-state index is 13.1. The minimum Gasteiger partial charge on any atom is -0.459 e. The zero-order valence-corrected chi connectivity index (χ0v) is 22.9. The number of carbonyl (C=O) groups is 1. The van der Waals surface area contributed by atoms with Gasteiger partial charge in [0.25, 0.3) is 0 Å². The van der Waals surface area contributed by atoms with Crippen molar-refractivity contribution in [2.75, 3.05) is 0 Å². The van der Waals surface area contributed by atoms with Crippen LogP contribution in [0.25, 0.3) is 21.9 Å². The molecular weight excluding hydrogens is 466 g/mol. The maximum Gasteiger partial charge on any atom is 0.324 e. The number of rotatable bonds is 5. The molecule has 0 radical (unpaired) electrons. The van der Waals surface area contributed by atoms with Crippen molar-refractivity contribution in [2.24, 2.45) is 5.92 Å². The first kappa shape index (κ1) is 26.0. The Morgan fingerprint density at radius 2 is 1.71 bits per heavy atom. The highest BCUT2D eigenvalue weighted by molar-refractivity contribution is 7.89. The molecule has 0 saturated carbocycles. The first-order chi connectivity index (χ1) is 15.6. The Morgan fingerprint density at radius 1 is 1.03 bits per heavy atom. The van der Waals surface area contributed by atoms with Gasteiger partial charge in [0, 0.05) is 22.4 Å². The average Bonchev–Trinajstić information content (AvgIpc) is 3.05. The van der Waals surface area contributed by atoms with Crippen molar-refractivity contribution in [1.29, 1.82) is 0 Å². The van der Waals surface area contributed by atoms with Crippen molar-refractivity contribution in [1.82, 2.24) is 4.72 Å². The third kappa shape index (κ3) is 6.29. The molecule has 0 aliphatic heterocycles. The molecule has 34 heavy (non-hydrogen) atoms. The average molecular weight is 500 g/mol. The monoisotopic (exact) mass is 499 g/mol. The second-order valence-electron chi connectivity index (χ2n) is 10.8. The third-order valence-electron chi connectivity index (χ3n) is 4.94. The fraction of sp³-hybridized carbons (Fsp3) is 0.423. The van der Waals surface area contributed by atoms with E-state index in [4.69, 9.17) is 9.15 Å². The number of sulfonamides is 1. The van der Waals surface area contributed by atoms with Crippen molar-refractivity contribution in [3.8, 4) is 11.5 Å². The van der Waals surface area contributed by atoms with E-state index in [1.54, 1.807) is 40.7 Å². The van der Waals surface area contributed by atoms with E-state index >= 15 is 0 Å². The number of furan rings is 1. The number of nitrogens with one attached hydrogen (secondary N) is 1. The predicted octanol–water partition coefficient (Wildman–Crippen LogP) is 5.46. The van der Waals surface area contributed by atoms with Crippen LogP contribution in [0.4, 0.5) is 0 Å². The van der Waals surface area contributed by atoms with E-state index < -0.39 is 35.7 Å². The van der Waals surface area contributed by atoms with Gasteiger partial charge in [0.05, 0.1) is 4.90 Å². The number of benzene rings is 2. The topological polar surface area (TPSA) is 85.6 Å². The Labute approximate surface area is 203 Å². The minimum atomic E-state index is -4.00. The SMILES string of the molecule is CC(C)[C@H](NS(=O)(=O)c1ccc2c(c1)oc1ccc(C#C[Si](C)(C)C)cc12)C(=O)OC(C)(C)C. The molecular formula is C26H33NO5SSi. The molecule has 1 N–H and O–H groups in total. The van der Waals surface area contributed by atoms with Crippen LogP contribution < -0.4 is 4.72 Å². The van der Waals surface area contributed by atoms with Crippen LogP contribution in [0.1, 0.15) is 40.2 Å². The first-order valence-corrected chi connectivity index (χ1v) is 16.3. The molecule has 0 aliphatic rings. The fourth-order valence-corrected chi connectivity index (χ4v) is 5.19. The van der Waals surface area contributed by atoms with Gasteiger partial charge in [0.2, 0.25) is 10.0 Å². The van der Waals surface area contributed by atoms with Crippen LogP contribution in [0.5, 0.6) is 0 Å². The van der Waals surface area contributed by atoms with Crippen LogP contribution in [-0.2, 0) is 19.6 Å². The van der Waals surface area contributed by atoms with Gasteiger partial charge in [0.1, 0.15) is 30.9 Å². The number of esters is 1. The lowest BCUT2D eigenvalue weighted by molar-refractivity contribution is -0.158. The number of hydrogen-bond acceptors (Lipinski definition) is 5. The molecule has 3 rings (SSSR count). The number of fused-ring (bicyclic) bond motifs is 3. The fourth-order valence-electron chi connectivity index (χ4n) is 3.32. The van der Waals surface area contributed by atoms with Gasteiger partial charge in [0.15, 0.2) is 0 Å². The van der Waals surface area contributed by atoms with E-state index in [2.05, 4.69) is 35.8 Å². The van der Waals surface area contributed by atoms with Gasteiger partial charge < -0.3 is 9.15 Å². The van der Waals surface area contributed by atoms with E-state index in [1.165, 1.54) is 12.1 Å². The molecule has 1 aromatic heterocycles. The summed E-state index contributed by atoms with van der Waals surface area (Å²) in [7, 11) is -5.50. The molecule has 1 heterocycles. The summed E-state index contributed by atoms with van der Waals surface area (Å²) in [4.78, 5) is 12.6. The van der Waals surface area contributed by atoms with Gasteiger partial charge in [-0.3, -0.25) is 4.79 Å². The Balaban J connectivity index is 1.96. The van der Waals surface area contributed by atoms with Gasteiger partial charge in [-0.05, 0) is 57.0 Å². The Bertz CT molecular complexity index is 1400. The van der Waals surface area contributed by atoms with E-state index in [9.17, 15) is 13.2 Å². The Hall–Kier alpha value is -2.60. The molecule has 3 aromatic rings. The lowest BCUT2D eigenvalue weighted by Crippen LogP contribution is -2.47. The Kier molecular flexibility index (Phi) is 7.05. The lowest BCUT2D eigenvalue weighted by atomic mass is 10.1. The second kappa shape index (κ2) is 9.21. The summed E-state index contributed by atoms with van der Waals surface area (Å²) in [5.41, 5.74) is 4.64. The zero-order valence-electron chi connectivity index (χ0n) is 21.1. The second-order valence-corrected chi connectivity index (χ2v) is 17.3. The van der Waals surface area contributed by atoms with Crippen LogP contribution in [0.2, 0.25) is 19.6 Å². The van der Waals surface area contributed by atoms with Gasteiger partial charge >= 0.3 is 5.97 Å². The molecule has 0 saturated heterocycles. The quantitative estimate of drug-likeness (QED) is 0.286. The highest BCUT2D eigenvalue weighted by atomic mass is 32.2. The molecule has 6 nitrogen and oxygen atoms in total. The van der Waals surface area contributed by atoms with Crippen LogP contribution in [0.3, 0.4) is 0 Å². The summed E-state index contributed by atoms with van der Waals surface area (Å²) in [5.74, 6) is 2.34. The molecule has 0 fully saturated rings. The summed E-state index contributed by atoms with van der Waals surface area (Å²) < 4.78 is 40.1. The number of hydrogen-bond donors (Lipinski definition) is 1. The van der Waals surface area contributed by atoms with E-state index in [0.29, 0.717) is 11.2 Å². The molecule has 2 aromatic carbocycles. The third-order valence-corrected chi connectivity index (χ3v) is 7.26. The van der Waals surface area contributed by atoms with E-state index in [-0.39, 0.29) is 10.8 Å². The Morgan fingerprint density at radius 3 is 2.29 bits per heavy atom. The van der Waals surface area contributed by atoms with Crippen LogP contribution in [0, 0.1) is 17.4 Å². The van der Waals surface area contributed by atoms with Crippen LogP contribution in [0.15, 0.2) is 45.7 Å². The van der Waals surface area contributed by atoms with Crippen molar-refractivity contribution >= 4 is 46.0 Å². The summed E-state index contributed by atoms with van der Waals surface area (Å²) in [5, 5.41) is 1.68. The van der Waals surface area contributed by atoms with Gasteiger partial charge in [-0.1, -0.05) is 39.4 Å². The molecule has 0 aliphatic carbocycles. The molecule has 0 bridgehead atoms. The van der Waals surface area contributed by atoms with Crippen LogP contribution >= 0.6 is 0 Å². The maximum absolute atomic E-state index is 13.1. The summed E-state index contributed by atoms with van der Waals surface area (Å²) in [6.45, 7) is 15.3. The van der Waals surface area contributed by atoms with E-state index in [0.717, 1.165) is 16.3 Å².